The molecule has 0 saturated heterocycles. The molecule has 4 aromatic carbocycles. The molecule has 661 valence electrons. The van der Waals surface area contributed by atoms with Gasteiger partial charge in [-0.2, -0.15) is 0 Å². The number of hydrogen-bond donors (Lipinski definition) is 4. The number of phenols is 4. The van der Waals surface area contributed by atoms with Crippen molar-refractivity contribution in [1.82, 2.24) is 0 Å². The summed E-state index contributed by atoms with van der Waals surface area (Å²) in [5.41, 5.74) is 12.0. The Labute approximate surface area is 770 Å². The zero-order chi connectivity index (χ0) is 86.2. The van der Waals surface area contributed by atoms with Crippen molar-refractivity contribution in [2.45, 2.75) is 447 Å². The van der Waals surface area contributed by atoms with Gasteiger partial charge in [0.25, 0.3) is 0 Å². The molecule has 4 aromatic rings. The molecular formula is C104H174AcCo2N4O5. The number of rotatable bonds is 24. The molecular weight excluding hydrogens is 1730 g/mol. The molecule has 0 amide bonds. The molecule has 2 aliphatic carbocycles. The standard InChI is InChI=1S/2C52H86N2O2.Ac.2Co.H2O/c2*1-45(2,3)31-49(13,14)37-25-35(43(55)39(27-37)51(17,18)33-47(7,8)9)29-53-41-23-21-22-24-42(41)54-30-36-26-38(50(15,16)32-46(4,5)6)28-40(44(36)56)52(19,20)34-48(10,11)12;;;;/h2*25-30,41-42,55-56H,21-24,31-34H2,1-20H3;;;;1H2/t2*41-,42-;;;;/m00..../s1. The van der Waals surface area contributed by atoms with Gasteiger partial charge in [0.05, 0.1) is 24.2 Å². The van der Waals surface area contributed by atoms with Crippen LogP contribution in [0.25, 0.3) is 0 Å². The van der Waals surface area contributed by atoms with Gasteiger partial charge < -0.3 is 25.9 Å². The molecule has 9 nitrogen and oxygen atoms in total. The molecule has 0 heterocycles. The Kier molecular flexibility index (Phi) is 38.8. The van der Waals surface area contributed by atoms with E-state index in [1.165, 1.54) is 22.3 Å². The maximum absolute atomic E-state index is 12.0. The molecule has 0 bridgehead atoms. The summed E-state index contributed by atoms with van der Waals surface area (Å²) in [5.74, 6) is 1.39. The summed E-state index contributed by atoms with van der Waals surface area (Å²) in [7, 11) is 0. The molecule has 12 heteroatoms. The Morgan fingerprint density at radius 2 is 0.371 bits per heavy atom. The van der Waals surface area contributed by atoms with Gasteiger partial charge in [-0.15, -0.1) is 0 Å². The van der Waals surface area contributed by atoms with Gasteiger partial charge in [0, 0.05) is 147 Å². The second kappa shape index (κ2) is 40.4. The van der Waals surface area contributed by atoms with Crippen LogP contribution in [-0.2, 0) is 76.9 Å². The largest absolute Gasteiger partial charge is 0.507 e. The van der Waals surface area contributed by atoms with Crippen molar-refractivity contribution in [1.29, 1.82) is 0 Å². The van der Waals surface area contributed by atoms with Crippen LogP contribution < -0.4 is 0 Å². The predicted octanol–water partition coefficient (Wildman–Crippen LogP) is 28.8. The van der Waals surface area contributed by atoms with Crippen molar-refractivity contribution in [3.05, 3.63) is 115 Å². The molecule has 4 atom stereocenters. The first-order valence-electron chi connectivity index (χ1n) is 43.7. The molecule has 0 unspecified atom stereocenters. The summed E-state index contributed by atoms with van der Waals surface area (Å²) in [6, 6.07) is 17.8. The summed E-state index contributed by atoms with van der Waals surface area (Å²) >= 11 is 0. The molecule has 0 aliphatic heterocycles. The van der Waals surface area contributed by atoms with Crippen molar-refractivity contribution in [2.75, 3.05) is 0 Å². The van der Waals surface area contributed by atoms with Crippen LogP contribution >= 0.6 is 0 Å². The minimum Gasteiger partial charge on any atom is -0.507 e. The van der Waals surface area contributed by atoms with E-state index in [0.717, 1.165) is 147 Å². The average molecular weight is 1910 g/mol. The van der Waals surface area contributed by atoms with Gasteiger partial charge in [0.2, 0.25) is 0 Å². The zero-order valence-electron chi connectivity index (χ0n) is 81.9. The number of aliphatic imine (C=N–C) groups is 4. The third kappa shape index (κ3) is 34.0. The van der Waals surface area contributed by atoms with Crippen LogP contribution in [0.3, 0.4) is 0 Å². The maximum Gasteiger partial charge on any atom is 0.128 e. The van der Waals surface area contributed by atoms with Crippen LogP contribution in [0.2, 0.25) is 0 Å². The zero-order valence-corrected chi connectivity index (χ0v) is 88.7. The van der Waals surface area contributed by atoms with E-state index in [1.807, 2.05) is 24.9 Å². The SMILES string of the molecule is CC(C)(C)CC(C)(C)c1cc(C=N[C@H]2CCCC[C@@H]2N=Cc2cc(C(C)(C)CC(C)(C)C)cc(C(C)(C)CC(C)(C)C)c2O)c(O)c(C(C)(C)CC(C)(C)C)c1.CC(C)(C)CC(C)(C)c1cc(C=N[C@H]2CCCC[C@@H]2N=Cc2cc(C(C)(C)CC(C)(C)C)cc(C(C)(C)CC(C)(C)C)c2O)c(O)c(C(C)(C)CC(C)(C)C)c1.O.[Ac].[Co].[Co]. The number of benzene rings is 4. The van der Waals surface area contributed by atoms with E-state index in [0.29, 0.717) is 23.0 Å². The third-order valence-electron chi connectivity index (χ3n) is 23.4. The third-order valence-corrected chi connectivity index (χ3v) is 23.4. The Morgan fingerprint density at radius 1 is 0.241 bits per heavy atom. The Balaban J connectivity index is 0.00000112. The van der Waals surface area contributed by atoms with Gasteiger partial charge in [0.15, 0.2) is 0 Å². The quantitative estimate of drug-likeness (QED) is 0.0514. The molecule has 6 rings (SSSR count). The fraction of sp³-hybridized carbons (Fsp3) is 0.731. The summed E-state index contributed by atoms with van der Waals surface area (Å²) in [6.07, 6.45) is 23.9. The maximum atomic E-state index is 12.0. The smallest absolute Gasteiger partial charge is 0.128 e. The van der Waals surface area contributed by atoms with Crippen LogP contribution in [0.5, 0.6) is 23.0 Å². The van der Waals surface area contributed by atoms with E-state index in [9.17, 15) is 20.4 Å². The van der Waals surface area contributed by atoms with Crippen LogP contribution in [-0.4, -0.2) is 74.9 Å². The Bertz CT molecular complexity index is 3440. The molecule has 2 fully saturated rings. The summed E-state index contributed by atoms with van der Waals surface area (Å²) in [4.78, 5) is 21.0. The second-order valence-corrected chi connectivity index (χ2v) is 50.8. The first-order valence-corrected chi connectivity index (χ1v) is 43.7. The van der Waals surface area contributed by atoms with Crippen molar-refractivity contribution >= 4 is 24.9 Å². The normalized spacial score (nSPS) is 18.1. The molecule has 0 aromatic heterocycles. The van der Waals surface area contributed by atoms with Crippen molar-refractivity contribution < 1.29 is 104 Å². The summed E-state index contributed by atoms with van der Waals surface area (Å²) in [6.45, 7) is 91.9. The van der Waals surface area contributed by atoms with Crippen LogP contribution in [0.15, 0.2) is 68.5 Å². The van der Waals surface area contributed by atoms with E-state index in [2.05, 4.69) is 325 Å². The summed E-state index contributed by atoms with van der Waals surface area (Å²) in [5, 5.41) is 48.0. The van der Waals surface area contributed by atoms with E-state index in [-0.39, 0.29) is 194 Å². The topological polar surface area (TPSA) is 162 Å². The molecule has 0 spiro atoms. The fourth-order valence-corrected chi connectivity index (χ4v) is 21.6. The molecule has 2 aliphatic rings. The van der Waals surface area contributed by atoms with Gasteiger partial charge in [-0.05, 0) is 210 Å². The van der Waals surface area contributed by atoms with E-state index in [1.54, 1.807) is 0 Å². The average Bonchev–Trinajstić information content (AvgIpc) is 0.783. The number of hydrogen-bond acceptors (Lipinski definition) is 8. The molecule has 2 saturated carbocycles. The van der Waals surface area contributed by atoms with E-state index < -0.39 is 0 Å². The van der Waals surface area contributed by atoms with E-state index >= 15 is 0 Å². The van der Waals surface area contributed by atoms with Crippen molar-refractivity contribution in [2.24, 2.45) is 63.3 Å². The van der Waals surface area contributed by atoms with Gasteiger partial charge in [-0.1, -0.05) is 327 Å². The summed E-state index contributed by atoms with van der Waals surface area (Å²) < 4.78 is 0. The Morgan fingerprint density at radius 3 is 0.500 bits per heavy atom. The minimum absolute atomic E-state index is 0. The van der Waals surface area contributed by atoms with Crippen molar-refractivity contribution in [3.63, 3.8) is 0 Å². The van der Waals surface area contributed by atoms with Crippen molar-refractivity contribution in [3.8, 4) is 23.0 Å². The van der Waals surface area contributed by atoms with Crippen LogP contribution in [0.1, 0.15) is 446 Å². The Hall–Kier alpha value is -2.83. The van der Waals surface area contributed by atoms with E-state index in [4.69, 9.17) is 20.0 Å². The number of nitrogens with zero attached hydrogens (tertiary/aromatic N) is 4. The molecule has 116 heavy (non-hydrogen) atoms. The number of aromatic hydroxyl groups is 4. The second-order valence-electron chi connectivity index (χ2n) is 50.8. The first kappa shape index (κ1) is 111. The monoisotopic (exact) mass is 1900 g/mol. The molecule has 3 radical (unpaired) electrons. The first-order chi connectivity index (χ1) is 50.0. The fourth-order valence-electron chi connectivity index (χ4n) is 21.6. The molecule has 6 N–H and O–H groups in total. The van der Waals surface area contributed by atoms with Crippen LogP contribution in [0, 0.1) is 87.4 Å². The van der Waals surface area contributed by atoms with Gasteiger partial charge >= 0.3 is 0 Å². The predicted molar refractivity (Wildman–Crippen MR) is 495 cm³/mol. The van der Waals surface area contributed by atoms with Gasteiger partial charge in [-0.25, -0.2) is 0 Å². The van der Waals surface area contributed by atoms with Crippen LogP contribution in [0.4, 0.5) is 0 Å². The van der Waals surface area contributed by atoms with Gasteiger partial charge in [-0.3, -0.25) is 20.0 Å². The minimum atomic E-state index is -0.227. The van der Waals surface area contributed by atoms with Gasteiger partial charge in [0.1, 0.15) is 23.0 Å². The number of phenolic OH excluding ortho intramolecular Hbond substituents is 4.